The number of aliphatic hydroxyl groups is 2. The molecule has 15 nitrogen and oxygen atoms in total. The summed E-state index contributed by atoms with van der Waals surface area (Å²) in [5, 5.41) is 36.7. The van der Waals surface area contributed by atoms with Crippen molar-refractivity contribution in [3.05, 3.63) is 174 Å². The molecule has 2 aliphatic rings. The number of hydrogen-bond acceptors (Lipinski definition) is 13. The Bertz CT molecular complexity index is 2830. The molecule has 2 saturated carbocycles. The van der Waals surface area contributed by atoms with Crippen LogP contribution in [0.25, 0.3) is 22.1 Å². The van der Waals surface area contributed by atoms with Crippen molar-refractivity contribution in [2.24, 2.45) is 0 Å². The first-order chi connectivity index (χ1) is 32.6. The van der Waals surface area contributed by atoms with Crippen LogP contribution in [0, 0.1) is 5.95 Å². The monoisotopic (exact) mass is 1170 g/mol. The Morgan fingerprint density at radius 3 is 1.52 bits per heavy atom. The molecule has 0 bridgehead atoms. The summed E-state index contributed by atoms with van der Waals surface area (Å²) in [6.07, 6.45) is 9.54. The third kappa shape index (κ3) is 16.0. The van der Waals surface area contributed by atoms with Crippen LogP contribution in [-0.2, 0) is 9.68 Å². The molecule has 4 aromatic carbocycles. The fourth-order valence-corrected chi connectivity index (χ4v) is 8.07. The number of aliphatic hydroxyl groups excluding tert-OH is 2. The number of carbonyl (C=O) groups is 3. The number of ketones is 2. The van der Waals surface area contributed by atoms with Crippen LogP contribution in [0.4, 0.5) is 4.39 Å². The molecule has 0 amide bonds. The Hall–Kier alpha value is -3.56. The third-order valence-electron chi connectivity index (χ3n) is 11.6. The molecule has 0 saturated heterocycles. The van der Waals surface area contributed by atoms with Gasteiger partial charge in [-0.25, -0.2) is 19.9 Å². The Kier molecular flexibility index (Phi) is 23.3. The number of nitrogens with zero attached hydrogens (tertiary/aromatic N) is 4. The van der Waals surface area contributed by atoms with E-state index in [-0.39, 0.29) is 187 Å². The maximum atomic E-state index is 13.3. The van der Waals surface area contributed by atoms with Crippen LogP contribution in [0.2, 0.25) is 0 Å². The SMILES string of the molecule is O=C(c1ccc(O)cc1)c1nc2ccccc2[nH]1.O=C(c1ccc(Oc2ncccc2C2CCC(O)CC2)cc1)c1nc2ccccc2[nH]1.O=CO[O-].OC1CCC(c2cccnc2F)CC1.[Cs+].[Cs+].[H-]. The van der Waals surface area contributed by atoms with E-state index in [1.807, 2.05) is 60.7 Å². The first-order valence-electron chi connectivity index (χ1n) is 21.8. The number of aromatic amines is 2. The van der Waals surface area contributed by atoms with Crippen molar-refractivity contribution < 1.29 is 188 Å². The van der Waals surface area contributed by atoms with E-state index in [2.05, 4.69) is 34.8 Å². The molecule has 0 spiro atoms. The van der Waals surface area contributed by atoms with Crippen molar-refractivity contribution >= 4 is 40.1 Å². The Morgan fingerprint density at radius 1 is 0.623 bits per heavy atom. The number of pyridine rings is 2. The summed E-state index contributed by atoms with van der Waals surface area (Å²) in [5.41, 5.74) is 6.00. The van der Waals surface area contributed by atoms with Gasteiger partial charge in [-0.1, -0.05) is 36.4 Å². The number of aromatic nitrogens is 6. The molecule has 10 rings (SSSR count). The number of aromatic hydroxyl groups is 1. The molecule has 0 radical (unpaired) electrons. The normalized spacial score (nSPS) is 17.1. The molecule has 346 valence electrons. The maximum absolute atomic E-state index is 13.3. The molecule has 5 N–H and O–H groups in total. The number of ether oxygens (including phenoxy) is 1. The third-order valence-corrected chi connectivity index (χ3v) is 11.6. The zero-order chi connectivity index (χ0) is 47.1. The van der Waals surface area contributed by atoms with Crippen LogP contribution < -0.4 is 148 Å². The van der Waals surface area contributed by atoms with E-state index >= 15 is 0 Å². The largest absolute Gasteiger partial charge is 1.00 e. The number of benzene rings is 4. The van der Waals surface area contributed by atoms with E-state index < -0.39 is 0 Å². The Morgan fingerprint density at radius 2 is 1.06 bits per heavy atom. The van der Waals surface area contributed by atoms with Crippen LogP contribution in [0.1, 0.15) is 108 Å². The first kappa shape index (κ1) is 56.4. The molecular formula is C51H49Cs2FN6O9. The predicted molar refractivity (Wildman–Crippen MR) is 245 cm³/mol. The van der Waals surface area contributed by atoms with Gasteiger partial charge in [-0.3, -0.25) is 14.4 Å². The van der Waals surface area contributed by atoms with Crippen LogP contribution in [0.3, 0.4) is 0 Å². The number of nitrogens with one attached hydrogen (secondary N) is 2. The van der Waals surface area contributed by atoms with Gasteiger partial charge in [0.05, 0.1) is 34.3 Å². The summed E-state index contributed by atoms with van der Waals surface area (Å²) in [5.74, 6) is 1.84. The second-order valence-corrected chi connectivity index (χ2v) is 16.0. The van der Waals surface area contributed by atoms with Gasteiger partial charge in [-0.2, -0.15) is 4.39 Å². The summed E-state index contributed by atoms with van der Waals surface area (Å²) < 4.78 is 19.4. The van der Waals surface area contributed by atoms with E-state index in [1.165, 1.54) is 18.3 Å². The van der Waals surface area contributed by atoms with Gasteiger partial charge >= 0.3 is 138 Å². The van der Waals surface area contributed by atoms with Gasteiger partial charge in [0.2, 0.25) is 23.4 Å². The van der Waals surface area contributed by atoms with Crippen molar-refractivity contribution in [2.45, 2.75) is 75.4 Å². The minimum Gasteiger partial charge on any atom is -1.00 e. The molecule has 2 aliphatic carbocycles. The van der Waals surface area contributed by atoms with Crippen LogP contribution in [0.15, 0.2) is 134 Å². The van der Waals surface area contributed by atoms with Gasteiger partial charge < -0.3 is 41.6 Å². The minimum atomic E-state index is -0.353. The number of carbonyl (C=O) groups excluding carboxylic acids is 3. The summed E-state index contributed by atoms with van der Waals surface area (Å²) >= 11 is 0. The summed E-state index contributed by atoms with van der Waals surface area (Å²) in [4.78, 5) is 59.0. The maximum Gasteiger partial charge on any atom is 1.00 e. The second-order valence-electron chi connectivity index (χ2n) is 16.0. The van der Waals surface area contributed by atoms with Crippen LogP contribution in [0.5, 0.6) is 17.4 Å². The van der Waals surface area contributed by atoms with Crippen molar-refractivity contribution in [1.29, 1.82) is 0 Å². The molecule has 4 aromatic heterocycles. The molecule has 69 heavy (non-hydrogen) atoms. The van der Waals surface area contributed by atoms with E-state index in [9.17, 15) is 29.3 Å². The minimum absolute atomic E-state index is 0. The van der Waals surface area contributed by atoms with E-state index in [1.54, 1.807) is 54.7 Å². The molecular weight excluding hydrogens is 1130 g/mol. The quantitative estimate of drug-likeness (QED) is 0.0460. The fraction of sp³-hybridized carbons (Fsp3) is 0.235. The average molecular weight is 1170 g/mol. The van der Waals surface area contributed by atoms with Gasteiger partial charge in [-0.15, -0.1) is 0 Å². The number of rotatable bonds is 9. The topological polar surface area (TPSA) is 237 Å². The number of halogens is 1. The smallest absolute Gasteiger partial charge is 1.00 e. The second kappa shape index (κ2) is 28.5. The zero-order valence-electron chi connectivity index (χ0n) is 39.2. The van der Waals surface area contributed by atoms with E-state index in [0.717, 1.165) is 79.0 Å². The molecule has 4 heterocycles. The van der Waals surface area contributed by atoms with E-state index in [0.29, 0.717) is 45.9 Å². The summed E-state index contributed by atoms with van der Waals surface area (Å²) in [6.45, 7) is -0.181. The van der Waals surface area contributed by atoms with Crippen molar-refractivity contribution in [3.8, 4) is 17.4 Å². The van der Waals surface area contributed by atoms with Gasteiger partial charge in [0, 0.05) is 34.6 Å². The fourth-order valence-electron chi connectivity index (χ4n) is 8.07. The number of para-hydroxylation sites is 4. The molecule has 0 atom stereocenters. The van der Waals surface area contributed by atoms with Crippen LogP contribution >= 0.6 is 0 Å². The summed E-state index contributed by atoms with van der Waals surface area (Å²) in [7, 11) is 0. The number of imidazole rings is 2. The number of H-pyrrole nitrogens is 2. The van der Waals surface area contributed by atoms with Gasteiger partial charge in [0.15, 0.2) is 11.6 Å². The Labute approximate surface area is 516 Å². The van der Waals surface area contributed by atoms with Crippen LogP contribution in [-0.4, -0.2) is 75.5 Å². The number of hydrogen-bond donors (Lipinski definition) is 5. The van der Waals surface area contributed by atoms with Crippen molar-refractivity contribution in [1.82, 2.24) is 29.9 Å². The van der Waals surface area contributed by atoms with Gasteiger partial charge in [0.1, 0.15) is 11.5 Å². The molecule has 0 aliphatic heterocycles. The van der Waals surface area contributed by atoms with Crippen molar-refractivity contribution in [2.75, 3.05) is 0 Å². The molecule has 18 heteroatoms. The van der Waals surface area contributed by atoms with Gasteiger partial charge in [0.25, 0.3) is 6.47 Å². The standard InChI is InChI=1S/C25H23N3O3.C14H10N2O2.C11H14FNO.CH2O3.2Cs.H/c29-18-11-7-16(8-12-18)20-4-3-15-26-25(20)31-19-13-9-17(10-14-19)23(30)24-27-21-5-1-2-6-22(21)28-24;17-10-7-5-9(6-8-10)13(18)14-15-11-3-1-2-4-12(11)16-14;12-11-10(2-1-7-13-11)8-3-5-9(14)6-4-8;2-1-4-3;;;/h1-6,9-10,13-16,18,29H,7-8,11-12H2,(H,27,28);1-8,17H,(H,15,16);1-2,7-9,14H,3-6H2;1,3H;;;/q;;;;2*+1;-1/p-1. The molecule has 8 aromatic rings. The van der Waals surface area contributed by atoms with Crippen molar-refractivity contribution in [3.63, 3.8) is 0 Å². The Balaban J connectivity index is 0.000000233. The molecule has 0 unspecified atom stereocenters. The zero-order valence-corrected chi connectivity index (χ0v) is 50.8. The number of phenols is 1. The first-order valence-corrected chi connectivity index (χ1v) is 21.8. The number of fused-ring (bicyclic) bond motifs is 2. The summed E-state index contributed by atoms with van der Waals surface area (Å²) in [6, 6.07) is 35.7. The average Bonchev–Trinajstić information content (AvgIpc) is 4.01. The predicted octanol–water partition coefficient (Wildman–Crippen LogP) is 2.29. The number of phenolic OH excluding ortho intramolecular Hbond substituents is 1. The van der Waals surface area contributed by atoms with Gasteiger partial charge in [-0.05, 0) is 148 Å². The van der Waals surface area contributed by atoms with E-state index in [4.69, 9.17) is 14.8 Å². The molecule has 2 fully saturated rings.